The topological polar surface area (TPSA) is 30.5 Å². The lowest BCUT2D eigenvalue weighted by Crippen LogP contribution is -2.37. The Bertz CT molecular complexity index is 324. The summed E-state index contributed by atoms with van der Waals surface area (Å²) >= 11 is 0. The first-order valence-corrected chi connectivity index (χ1v) is 4.47. The van der Waals surface area contributed by atoms with Gasteiger partial charge in [-0.05, 0) is 24.3 Å². The number of nitrogens with one attached hydrogen (secondary N) is 1. The molecule has 90 valence electrons. The molecule has 0 aromatic heterocycles. The van der Waals surface area contributed by atoms with Crippen LogP contribution in [0.4, 0.5) is 18.9 Å². The number of rotatable bonds is 4. The number of ether oxygens (including phenoxy) is 2. The van der Waals surface area contributed by atoms with Crippen LogP contribution in [0.2, 0.25) is 0 Å². The van der Waals surface area contributed by atoms with Crippen LogP contribution in [-0.4, -0.2) is 26.6 Å². The molecule has 0 aliphatic carbocycles. The minimum Gasteiger partial charge on any atom is -0.497 e. The van der Waals surface area contributed by atoms with E-state index in [2.05, 4.69) is 10.1 Å². The number of hydrogen-bond acceptors (Lipinski definition) is 3. The standard InChI is InChI=1S/C10H12F3NO2/c1-15-8-5-3-7(4-6-8)14-9(16-2)10(11,12)13/h3-6,9,14H,1-2H3. The molecule has 3 nitrogen and oxygen atoms in total. The summed E-state index contributed by atoms with van der Waals surface area (Å²) in [5.41, 5.74) is 0.310. The summed E-state index contributed by atoms with van der Waals surface area (Å²) in [4.78, 5) is 0. The van der Waals surface area contributed by atoms with Crippen molar-refractivity contribution >= 4 is 5.69 Å². The molecule has 1 unspecified atom stereocenters. The van der Waals surface area contributed by atoms with Gasteiger partial charge in [0.05, 0.1) is 7.11 Å². The normalized spacial score (nSPS) is 13.3. The molecule has 1 aromatic carbocycles. The minimum atomic E-state index is -4.45. The number of halogens is 3. The average Bonchev–Trinajstić information content (AvgIpc) is 2.25. The van der Waals surface area contributed by atoms with Gasteiger partial charge in [-0.2, -0.15) is 13.2 Å². The predicted octanol–water partition coefficient (Wildman–Crippen LogP) is 2.64. The van der Waals surface area contributed by atoms with E-state index in [1.54, 1.807) is 12.1 Å². The summed E-state index contributed by atoms with van der Waals surface area (Å²) in [6.45, 7) is 0. The highest BCUT2D eigenvalue weighted by molar-refractivity contribution is 5.46. The summed E-state index contributed by atoms with van der Waals surface area (Å²) in [6, 6.07) is 6.09. The van der Waals surface area contributed by atoms with E-state index in [4.69, 9.17) is 4.74 Å². The Morgan fingerprint density at radius 3 is 2.06 bits per heavy atom. The molecule has 0 amide bonds. The highest BCUT2D eigenvalue weighted by Gasteiger charge is 2.40. The van der Waals surface area contributed by atoms with Crippen LogP contribution < -0.4 is 10.1 Å². The fourth-order valence-corrected chi connectivity index (χ4v) is 1.11. The lowest BCUT2D eigenvalue weighted by Gasteiger charge is -2.20. The molecule has 6 heteroatoms. The van der Waals surface area contributed by atoms with Gasteiger partial charge >= 0.3 is 6.18 Å². The third-order valence-electron chi connectivity index (χ3n) is 1.92. The fraction of sp³-hybridized carbons (Fsp3) is 0.400. The van der Waals surface area contributed by atoms with Crippen LogP contribution in [0.25, 0.3) is 0 Å². The molecule has 0 fully saturated rings. The van der Waals surface area contributed by atoms with Crippen molar-refractivity contribution in [3.8, 4) is 5.75 Å². The highest BCUT2D eigenvalue weighted by atomic mass is 19.4. The maximum Gasteiger partial charge on any atom is 0.433 e. The number of methoxy groups -OCH3 is 2. The fourth-order valence-electron chi connectivity index (χ4n) is 1.11. The first kappa shape index (κ1) is 12.6. The van der Waals surface area contributed by atoms with E-state index in [0.717, 1.165) is 7.11 Å². The molecule has 0 bridgehead atoms. The highest BCUT2D eigenvalue weighted by Crippen LogP contribution is 2.24. The molecule has 0 saturated heterocycles. The number of benzene rings is 1. The minimum absolute atomic E-state index is 0.310. The van der Waals surface area contributed by atoms with Crippen molar-refractivity contribution in [2.45, 2.75) is 12.4 Å². The molecule has 1 rings (SSSR count). The molecule has 1 N–H and O–H groups in total. The van der Waals surface area contributed by atoms with Crippen molar-refractivity contribution in [3.05, 3.63) is 24.3 Å². The van der Waals surface area contributed by atoms with Crippen molar-refractivity contribution in [1.82, 2.24) is 0 Å². The van der Waals surface area contributed by atoms with E-state index in [0.29, 0.717) is 11.4 Å². The average molecular weight is 235 g/mol. The van der Waals surface area contributed by atoms with Gasteiger partial charge in [-0.3, -0.25) is 0 Å². The second-order valence-corrected chi connectivity index (χ2v) is 3.03. The van der Waals surface area contributed by atoms with E-state index in [-0.39, 0.29) is 0 Å². The summed E-state index contributed by atoms with van der Waals surface area (Å²) < 4.78 is 46.2. The SMILES string of the molecule is COc1ccc(NC(OC)C(F)(F)F)cc1. The van der Waals surface area contributed by atoms with E-state index >= 15 is 0 Å². The Morgan fingerprint density at radius 2 is 1.69 bits per heavy atom. The second kappa shape index (κ2) is 5.07. The zero-order valence-corrected chi connectivity index (χ0v) is 8.84. The van der Waals surface area contributed by atoms with E-state index in [9.17, 15) is 13.2 Å². The molecule has 0 aliphatic heterocycles. The van der Waals surface area contributed by atoms with Crippen LogP contribution in [0.5, 0.6) is 5.75 Å². The summed E-state index contributed by atoms with van der Waals surface area (Å²) in [5, 5.41) is 2.22. The number of anilines is 1. The zero-order chi connectivity index (χ0) is 12.2. The smallest absolute Gasteiger partial charge is 0.433 e. The first-order valence-electron chi connectivity index (χ1n) is 4.47. The maximum atomic E-state index is 12.3. The number of hydrogen-bond donors (Lipinski definition) is 1. The summed E-state index contributed by atoms with van der Waals surface area (Å²) in [5.74, 6) is 0.575. The van der Waals surface area contributed by atoms with Gasteiger partial charge < -0.3 is 14.8 Å². The molecular formula is C10H12F3NO2. The quantitative estimate of drug-likeness (QED) is 0.814. The molecular weight excluding hydrogens is 223 g/mol. The second-order valence-electron chi connectivity index (χ2n) is 3.03. The van der Waals surface area contributed by atoms with Gasteiger partial charge in [-0.15, -0.1) is 0 Å². The van der Waals surface area contributed by atoms with Gasteiger partial charge in [0.25, 0.3) is 0 Å². The van der Waals surface area contributed by atoms with Crippen LogP contribution in [-0.2, 0) is 4.74 Å². The number of alkyl halides is 3. The van der Waals surface area contributed by atoms with Gasteiger partial charge in [0.2, 0.25) is 6.23 Å². The summed E-state index contributed by atoms with van der Waals surface area (Å²) in [7, 11) is 2.48. The van der Waals surface area contributed by atoms with Crippen LogP contribution in [0.3, 0.4) is 0 Å². The third kappa shape index (κ3) is 3.30. The van der Waals surface area contributed by atoms with Gasteiger partial charge in [-0.25, -0.2) is 0 Å². The largest absolute Gasteiger partial charge is 0.497 e. The van der Waals surface area contributed by atoms with Gasteiger partial charge in [-0.1, -0.05) is 0 Å². The third-order valence-corrected chi connectivity index (χ3v) is 1.92. The van der Waals surface area contributed by atoms with Gasteiger partial charge in [0.15, 0.2) is 0 Å². The Kier molecular flexibility index (Phi) is 4.00. The molecule has 0 aliphatic rings. The van der Waals surface area contributed by atoms with Crippen molar-refractivity contribution < 1.29 is 22.6 Å². The van der Waals surface area contributed by atoms with Crippen LogP contribution in [0.15, 0.2) is 24.3 Å². The van der Waals surface area contributed by atoms with Crippen molar-refractivity contribution in [3.63, 3.8) is 0 Å². The van der Waals surface area contributed by atoms with Gasteiger partial charge in [0, 0.05) is 12.8 Å². The summed E-state index contributed by atoms with van der Waals surface area (Å²) in [6.07, 6.45) is -6.46. The van der Waals surface area contributed by atoms with Crippen LogP contribution in [0, 0.1) is 0 Å². The Morgan fingerprint density at radius 1 is 1.12 bits per heavy atom. The van der Waals surface area contributed by atoms with Crippen molar-refractivity contribution in [2.75, 3.05) is 19.5 Å². The lowest BCUT2D eigenvalue weighted by molar-refractivity contribution is -0.202. The Labute approximate surface area is 91.2 Å². The zero-order valence-electron chi connectivity index (χ0n) is 8.84. The Balaban J connectivity index is 2.71. The van der Waals surface area contributed by atoms with E-state index in [1.165, 1.54) is 19.2 Å². The Hall–Kier alpha value is -1.43. The van der Waals surface area contributed by atoms with Crippen LogP contribution >= 0.6 is 0 Å². The van der Waals surface area contributed by atoms with Crippen LogP contribution in [0.1, 0.15) is 0 Å². The molecule has 0 radical (unpaired) electrons. The maximum absolute atomic E-state index is 12.3. The van der Waals surface area contributed by atoms with Crippen molar-refractivity contribution in [2.24, 2.45) is 0 Å². The molecule has 1 aromatic rings. The molecule has 0 spiro atoms. The molecule has 1 atom stereocenters. The molecule has 0 heterocycles. The lowest BCUT2D eigenvalue weighted by atomic mass is 10.3. The molecule has 16 heavy (non-hydrogen) atoms. The van der Waals surface area contributed by atoms with E-state index < -0.39 is 12.4 Å². The van der Waals surface area contributed by atoms with Gasteiger partial charge in [0.1, 0.15) is 5.75 Å². The first-order chi connectivity index (χ1) is 7.47. The van der Waals surface area contributed by atoms with Crippen molar-refractivity contribution in [1.29, 1.82) is 0 Å². The van der Waals surface area contributed by atoms with E-state index in [1.807, 2.05) is 0 Å². The monoisotopic (exact) mass is 235 g/mol. The predicted molar refractivity (Wildman–Crippen MR) is 53.5 cm³/mol. The molecule has 0 saturated carbocycles.